The summed E-state index contributed by atoms with van der Waals surface area (Å²) in [7, 11) is -7.27. The molecule has 0 saturated carbocycles. The number of halogens is 1. The third kappa shape index (κ3) is 9.10. The summed E-state index contributed by atoms with van der Waals surface area (Å²) in [4.78, 5) is 0. The quantitative estimate of drug-likeness (QED) is 0.680. The lowest BCUT2D eigenvalue weighted by Crippen LogP contribution is -2.36. The van der Waals surface area contributed by atoms with E-state index in [4.69, 9.17) is 11.6 Å². The van der Waals surface area contributed by atoms with Crippen molar-refractivity contribution in [1.82, 2.24) is 4.72 Å². The molecular formula is C7H16ClNO4S2. The number of sulfonamides is 1. The monoisotopic (exact) mass is 277 g/mol. The Labute approximate surface area is 96.2 Å². The van der Waals surface area contributed by atoms with Crippen LogP contribution in [-0.2, 0) is 19.9 Å². The summed E-state index contributed by atoms with van der Waals surface area (Å²) in [6, 6.07) is -0.296. The summed E-state index contributed by atoms with van der Waals surface area (Å²) in [6.07, 6.45) is 2.16. The van der Waals surface area contributed by atoms with Crippen molar-refractivity contribution in [2.24, 2.45) is 0 Å². The van der Waals surface area contributed by atoms with Gasteiger partial charge in [-0.2, -0.15) is 0 Å². The number of alkyl halides is 1. The van der Waals surface area contributed by atoms with Gasteiger partial charge in [0.25, 0.3) is 0 Å². The number of hydrogen-bond acceptors (Lipinski definition) is 4. The van der Waals surface area contributed by atoms with E-state index in [9.17, 15) is 16.8 Å². The van der Waals surface area contributed by atoms with Crippen molar-refractivity contribution >= 4 is 31.5 Å². The fourth-order valence-electron chi connectivity index (χ4n) is 1.06. The van der Waals surface area contributed by atoms with Gasteiger partial charge in [-0.15, -0.1) is 11.6 Å². The minimum Gasteiger partial charge on any atom is -0.228 e. The predicted molar refractivity (Wildman–Crippen MR) is 61.2 cm³/mol. The molecule has 1 N–H and O–H groups in total. The Morgan fingerprint density at radius 3 is 2.20 bits per heavy atom. The minimum absolute atomic E-state index is 0.296. The van der Waals surface area contributed by atoms with E-state index in [2.05, 4.69) is 4.72 Å². The highest BCUT2D eigenvalue weighted by Gasteiger charge is 2.19. The highest BCUT2D eigenvalue weighted by molar-refractivity contribution is 8.06. The number of sulfone groups is 1. The first-order valence-corrected chi connectivity index (χ1v) is 8.65. The molecule has 0 radical (unpaired) electrons. The Bertz CT molecular complexity index is 376. The first-order valence-electron chi connectivity index (χ1n) is 4.40. The lowest BCUT2D eigenvalue weighted by molar-refractivity contribution is 0.546. The molecule has 0 aromatic carbocycles. The number of rotatable bonds is 7. The average Bonchev–Trinajstić information content (AvgIpc) is 1.94. The molecule has 0 amide bonds. The standard InChI is InChI=1S/C7H16ClNO4S2/c1-7(4-3-5-8)9-15(12,13)6-14(2,10)11/h7,9H,3-6H2,1-2H3. The molecule has 0 aliphatic carbocycles. The van der Waals surface area contributed by atoms with Gasteiger partial charge in [0.05, 0.1) is 0 Å². The molecule has 0 aliphatic rings. The van der Waals surface area contributed by atoms with E-state index < -0.39 is 24.9 Å². The molecule has 15 heavy (non-hydrogen) atoms. The molecule has 0 saturated heterocycles. The summed E-state index contributed by atoms with van der Waals surface area (Å²) in [6.45, 7) is 1.67. The van der Waals surface area contributed by atoms with Crippen LogP contribution in [-0.4, -0.2) is 40.1 Å². The minimum atomic E-state index is -3.75. The average molecular weight is 278 g/mol. The Morgan fingerprint density at radius 1 is 1.27 bits per heavy atom. The van der Waals surface area contributed by atoms with Crippen molar-refractivity contribution < 1.29 is 16.8 Å². The molecule has 0 rings (SSSR count). The van der Waals surface area contributed by atoms with E-state index in [0.717, 1.165) is 6.26 Å². The molecule has 1 unspecified atom stereocenters. The molecule has 0 spiro atoms. The van der Waals surface area contributed by atoms with Crippen LogP contribution in [0.25, 0.3) is 0 Å². The van der Waals surface area contributed by atoms with Gasteiger partial charge in [0.1, 0.15) is 0 Å². The van der Waals surface area contributed by atoms with Crippen LogP contribution in [0, 0.1) is 0 Å². The molecule has 8 heteroatoms. The van der Waals surface area contributed by atoms with Gasteiger partial charge in [0.15, 0.2) is 14.9 Å². The van der Waals surface area contributed by atoms with Crippen LogP contribution in [0.3, 0.4) is 0 Å². The molecule has 1 atom stereocenters. The van der Waals surface area contributed by atoms with Crippen molar-refractivity contribution in [2.45, 2.75) is 25.8 Å². The highest BCUT2D eigenvalue weighted by Crippen LogP contribution is 2.01. The van der Waals surface area contributed by atoms with Crippen LogP contribution >= 0.6 is 11.6 Å². The lowest BCUT2D eigenvalue weighted by atomic mass is 10.2. The normalized spacial score (nSPS) is 15.1. The summed E-state index contributed by atoms with van der Waals surface area (Å²) < 4.78 is 46.5. The Hall–Kier alpha value is 0.150. The summed E-state index contributed by atoms with van der Waals surface area (Å²) in [5.41, 5.74) is 0. The smallest absolute Gasteiger partial charge is 0.226 e. The van der Waals surface area contributed by atoms with Crippen molar-refractivity contribution in [1.29, 1.82) is 0 Å². The molecule has 92 valence electrons. The van der Waals surface area contributed by atoms with Crippen molar-refractivity contribution in [2.75, 3.05) is 17.2 Å². The van der Waals surface area contributed by atoms with Gasteiger partial charge in [0, 0.05) is 18.2 Å². The zero-order chi connectivity index (χ0) is 12.1. The second-order valence-electron chi connectivity index (χ2n) is 3.51. The molecule has 5 nitrogen and oxygen atoms in total. The fraction of sp³-hybridized carbons (Fsp3) is 1.00. The highest BCUT2D eigenvalue weighted by atomic mass is 35.5. The Balaban J connectivity index is 4.27. The SMILES string of the molecule is CC(CCCCl)NS(=O)(=O)CS(C)(=O)=O. The first kappa shape index (κ1) is 15.2. The van der Waals surface area contributed by atoms with Crippen LogP contribution < -0.4 is 4.72 Å². The Morgan fingerprint density at radius 2 is 1.80 bits per heavy atom. The van der Waals surface area contributed by atoms with Crippen molar-refractivity contribution in [3.63, 3.8) is 0 Å². The van der Waals surface area contributed by atoms with Crippen molar-refractivity contribution in [3.05, 3.63) is 0 Å². The van der Waals surface area contributed by atoms with E-state index in [1.54, 1.807) is 6.92 Å². The first-order chi connectivity index (χ1) is 6.66. The second kappa shape index (κ2) is 6.03. The lowest BCUT2D eigenvalue weighted by Gasteiger charge is -2.12. The molecule has 0 heterocycles. The molecule has 0 aromatic heterocycles. The van der Waals surface area contributed by atoms with Crippen LogP contribution in [0.15, 0.2) is 0 Å². The summed E-state index contributed by atoms with van der Waals surface area (Å²) in [5.74, 6) is 0.456. The molecule has 0 aliphatic heterocycles. The van der Waals surface area contributed by atoms with E-state index in [1.807, 2.05) is 0 Å². The van der Waals surface area contributed by atoms with Gasteiger partial charge < -0.3 is 0 Å². The maximum atomic E-state index is 11.3. The zero-order valence-corrected chi connectivity index (χ0v) is 11.1. The maximum Gasteiger partial charge on any atom is 0.226 e. The number of nitrogens with one attached hydrogen (secondary N) is 1. The molecule has 0 fully saturated rings. The zero-order valence-electron chi connectivity index (χ0n) is 8.73. The van der Waals surface area contributed by atoms with Crippen LogP contribution in [0.4, 0.5) is 0 Å². The summed E-state index contributed by atoms with van der Waals surface area (Å²) in [5, 5.41) is -0.870. The third-order valence-corrected chi connectivity index (χ3v) is 5.50. The number of hydrogen-bond donors (Lipinski definition) is 1. The van der Waals surface area contributed by atoms with E-state index in [0.29, 0.717) is 18.7 Å². The van der Waals surface area contributed by atoms with Gasteiger partial charge in [-0.3, -0.25) is 0 Å². The Kier molecular flexibility index (Phi) is 6.09. The van der Waals surface area contributed by atoms with E-state index >= 15 is 0 Å². The maximum absolute atomic E-state index is 11.3. The van der Waals surface area contributed by atoms with Gasteiger partial charge >= 0.3 is 0 Å². The van der Waals surface area contributed by atoms with Gasteiger partial charge in [-0.1, -0.05) is 0 Å². The predicted octanol–water partition coefficient (Wildman–Crippen LogP) is 0.315. The van der Waals surface area contributed by atoms with Gasteiger partial charge in [-0.25, -0.2) is 21.6 Å². The van der Waals surface area contributed by atoms with E-state index in [-0.39, 0.29) is 6.04 Å². The van der Waals surface area contributed by atoms with Crippen LogP contribution in [0.2, 0.25) is 0 Å². The third-order valence-electron chi connectivity index (χ3n) is 1.52. The molecule has 0 bridgehead atoms. The second-order valence-corrected chi connectivity index (χ2v) is 8.15. The van der Waals surface area contributed by atoms with Crippen molar-refractivity contribution in [3.8, 4) is 0 Å². The fourth-order valence-corrected chi connectivity index (χ4v) is 4.48. The van der Waals surface area contributed by atoms with E-state index in [1.165, 1.54) is 0 Å². The molecular weight excluding hydrogens is 262 g/mol. The molecule has 0 aromatic rings. The topological polar surface area (TPSA) is 80.3 Å². The van der Waals surface area contributed by atoms with Gasteiger partial charge in [-0.05, 0) is 19.8 Å². The largest absolute Gasteiger partial charge is 0.228 e. The van der Waals surface area contributed by atoms with Gasteiger partial charge in [0.2, 0.25) is 10.0 Å². The van der Waals surface area contributed by atoms with Crippen LogP contribution in [0.1, 0.15) is 19.8 Å². The van der Waals surface area contributed by atoms with Crippen LogP contribution in [0.5, 0.6) is 0 Å². The summed E-state index contributed by atoms with van der Waals surface area (Å²) >= 11 is 5.45.